The van der Waals surface area contributed by atoms with E-state index in [-0.39, 0.29) is 24.2 Å². The second-order valence-corrected chi connectivity index (χ2v) is 4.61. The van der Waals surface area contributed by atoms with Crippen LogP contribution in [0.2, 0.25) is 0 Å². The lowest BCUT2D eigenvalue weighted by Gasteiger charge is -2.26. The molecule has 2 atom stereocenters. The average molecular weight is 242 g/mol. The molecule has 0 aromatic rings. The number of ether oxygens (including phenoxy) is 2. The summed E-state index contributed by atoms with van der Waals surface area (Å²) in [7, 11) is 1.63. The predicted molar refractivity (Wildman–Crippen MR) is 59.3 cm³/mol. The Hall–Kier alpha value is -1.14. The van der Waals surface area contributed by atoms with E-state index < -0.39 is 5.60 Å². The highest BCUT2D eigenvalue weighted by molar-refractivity contribution is 5.89. The molecule has 6 heteroatoms. The summed E-state index contributed by atoms with van der Waals surface area (Å²) in [5.41, 5.74) is -0.397. The van der Waals surface area contributed by atoms with Crippen molar-refractivity contribution < 1.29 is 19.1 Å². The smallest absolute Gasteiger partial charge is 0.225 e. The van der Waals surface area contributed by atoms with Crippen molar-refractivity contribution >= 4 is 11.8 Å². The number of hydrogen-bond donors (Lipinski definition) is 2. The van der Waals surface area contributed by atoms with E-state index in [1.807, 2.05) is 0 Å². The Labute approximate surface area is 100 Å². The maximum Gasteiger partial charge on any atom is 0.225 e. The van der Waals surface area contributed by atoms with Gasteiger partial charge in [-0.1, -0.05) is 0 Å². The summed E-state index contributed by atoms with van der Waals surface area (Å²) < 4.78 is 10.7. The van der Waals surface area contributed by atoms with Crippen molar-refractivity contribution in [3.05, 3.63) is 0 Å². The standard InChI is InChI=1S/C11H18N2O4/c1-16-11(2-3-17-7-11)6-13-10(15)8-4-9(14)12-5-8/h8H,2-7H2,1H3,(H,12,14)(H,13,15). The van der Waals surface area contributed by atoms with Crippen LogP contribution in [-0.4, -0.2) is 50.8 Å². The van der Waals surface area contributed by atoms with Gasteiger partial charge in [-0.3, -0.25) is 9.59 Å². The van der Waals surface area contributed by atoms with E-state index >= 15 is 0 Å². The first-order valence-corrected chi connectivity index (χ1v) is 5.82. The van der Waals surface area contributed by atoms with Gasteiger partial charge in [0, 0.05) is 39.6 Å². The number of carbonyl (C=O) groups is 2. The molecule has 0 aromatic carbocycles. The first-order valence-electron chi connectivity index (χ1n) is 5.82. The molecule has 96 valence electrons. The summed E-state index contributed by atoms with van der Waals surface area (Å²) in [6, 6.07) is 0. The lowest BCUT2D eigenvalue weighted by atomic mass is 10.0. The van der Waals surface area contributed by atoms with Crippen molar-refractivity contribution in [2.45, 2.75) is 18.4 Å². The van der Waals surface area contributed by atoms with Crippen molar-refractivity contribution in [3.8, 4) is 0 Å². The number of methoxy groups -OCH3 is 1. The summed E-state index contributed by atoms with van der Waals surface area (Å²) in [4.78, 5) is 22.8. The van der Waals surface area contributed by atoms with Gasteiger partial charge in [-0.2, -0.15) is 0 Å². The molecule has 0 aliphatic carbocycles. The van der Waals surface area contributed by atoms with Gasteiger partial charge in [0.2, 0.25) is 11.8 Å². The molecule has 2 aliphatic rings. The number of nitrogens with one attached hydrogen (secondary N) is 2. The first kappa shape index (κ1) is 12.3. The van der Waals surface area contributed by atoms with E-state index in [4.69, 9.17) is 9.47 Å². The fourth-order valence-corrected chi connectivity index (χ4v) is 2.14. The van der Waals surface area contributed by atoms with E-state index in [9.17, 15) is 9.59 Å². The highest BCUT2D eigenvalue weighted by atomic mass is 16.5. The summed E-state index contributed by atoms with van der Waals surface area (Å²) in [5, 5.41) is 5.49. The Balaban J connectivity index is 1.81. The first-order chi connectivity index (χ1) is 8.15. The van der Waals surface area contributed by atoms with Crippen molar-refractivity contribution in [3.63, 3.8) is 0 Å². The molecule has 0 aromatic heterocycles. The highest BCUT2D eigenvalue weighted by Gasteiger charge is 2.36. The van der Waals surface area contributed by atoms with Crippen LogP contribution in [-0.2, 0) is 19.1 Å². The van der Waals surface area contributed by atoms with Crippen LogP contribution in [0.3, 0.4) is 0 Å². The normalized spacial score (nSPS) is 32.5. The Morgan fingerprint density at radius 2 is 2.53 bits per heavy atom. The maximum absolute atomic E-state index is 11.8. The van der Waals surface area contributed by atoms with Crippen LogP contribution in [0.4, 0.5) is 0 Å². The van der Waals surface area contributed by atoms with Gasteiger partial charge in [-0.05, 0) is 0 Å². The SMILES string of the molecule is COC1(CNC(=O)C2CNC(=O)C2)CCOC1. The van der Waals surface area contributed by atoms with E-state index in [0.717, 1.165) is 6.42 Å². The molecule has 17 heavy (non-hydrogen) atoms. The quantitative estimate of drug-likeness (QED) is 0.666. The summed E-state index contributed by atoms with van der Waals surface area (Å²) in [6.07, 6.45) is 1.06. The van der Waals surface area contributed by atoms with Gasteiger partial charge in [0.15, 0.2) is 0 Å². The zero-order chi connectivity index (χ0) is 12.3. The van der Waals surface area contributed by atoms with Gasteiger partial charge in [0.1, 0.15) is 5.60 Å². The molecular formula is C11H18N2O4. The Morgan fingerprint density at radius 1 is 1.71 bits per heavy atom. The fourth-order valence-electron chi connectivity index (χ4n) is 2.14. The molecule has 2 saturated heterocycles. The molecule has 0 spiro atoms. The van der Waals surface area contributed by atoms with Crippen molar-refractivity contribution in [1.82, 2.24) is 10.6 Å². The van der Waals surface area contributed by atoms with Crippen molar-refractivity contribution in [2.24, 2.45) is 5.92 Å². The van der Waals surface area contributed by atoms with Gasteiger partial charge >= 0.3 is 0 Å². The van der Waals surface area contributed by atoms with E-state index in [0.29, 0.717) is 26.3 Å². The van der Waals surface area contributed by atoms with Gasteiger partial charge in [-0.15, -0.1) is 0 Å². The molecule has 0 saturated carbocycles. The minimum atomic E-state index is -0.397. The largest absolute Gasteiger partial charge is 0.378 e. The number of carbonyl (C=O) groups excluding carboxylic acids is 2. The lowest BCUT2D eigenvalue weighted by Crippen LogP contribution is -2.46. The van der Waals surface area contributed by atoms with E-state index in [1.165, 1.54) is 0 Å². The number of amides is 2. The topological polar surface area (TPSA) is 76.7 Å². The van der Waals surface area contributed by atoms with Crippen LogP contribution in [0, 0.1) is 5.92 Å². The zero-order valence-corrected chi connectivity index (χ0v) is 9.95. The van der Waals surface area contributed by atoms with Crippen LogP contribution < -0.4 is 10.6 Å². The third-order valence-corrected chi connectivity index (χ3v) is 3.43. The van der Waals surface area contributed by atoms with E-state index in [1.54, 1.807) is 7.11 Å². The molecule has 2 rings (SSSR count). The lowest BCUT2D eigenvalue weighted by molar-refractivity contribution is -0.127. The Bertz CT molecular complexity index is 313. The predicted octanol–water partition coefficient (Wildman–Crippen LogP) is -0.956. The van der Waals surface area contributed by atoms with Gasteiger partial charge in [0.05, 0.1) is 12.5 Å². The third-order valence-electron chi connectivity index (χ3n) is 3.43. The molecule has 2 aliphatic heterocycles. The molecule has 6 nitrogen and oxygen atoms in total. The zero-order valence-electron chi connectivity index (χ0n) is 9.95. The van der Waals surface area contributed by atoms with Gasteiger partial charge in [-0.25, -0.2) is 0 Å². The number of rotatable bonds is 4. The molecule has 0 radical (unpaired) electrons. The van der Waals surface area contributed by atoms with Crippen LogP contribution in [0.25, 0.3) is 0 Å². The molecule has 2 heterocycles. The van der Waals surface area contributed by atoms with Crippen molar-refractivity contribution in [2.75, 3.05) is 33.4 Å². The van der Waals surface area contributed by atoms with Crippen LogP contribution in [0.5, 0.6) is 0 Å². The highest BCUT2D eigenvalue weighted by Crippen LogP contribution is 2.21. The van der Waals surface area contributed by atoms with Gasteiger partial charge < -0.3 is 20.1 Å². The average Bonchev–Trinajstić information content (AvgIpc) is 2.95. The maximum atomic E-state index is 11.8. The molecule has 2 N–H and O–H groups in total. The monoisotopic (exact) mass is 242 g/mol. The minimum absolute atomic E-state index is 0.0594. The summed E-state index contributed by atoms with van der Waals surface area (Å²) in [6.45, 7) is 2.03. The van der Waals surface area contributed by atoms with Gasteiger partial charge in [0.25, 0.3) is 0 Å². The molecule has 0 bridgehead atoms. The minimum Gasteiger partial charge on any atom is -0.378 e. The molecular weight excluding hydrogens is 224 g/mol. The third kappa shape index (κ3) is 2.76. The Morgan fingerprint density at radius 3 is 3.06 bits per heavy atom. The fraction of sp³-hybridized carbons (Fsp3) is 0.818. The van der Waals surface area contributed by atoms with Crippen LogP contribution >= 0.6 is 0 Å². The molecule has 2 fully saturated rings. The summed E-state index contributed by atoms with van der Waals surface area (Å²) >= 11 is 0. The van der Waals surface area contributed by atoms with E-state index in [2.05, 4.69) is 10.6 Å². The second kappa shape index (κ2) is 5.01. The van der Waals surface area contributed by atoms with Crippen molar-refractivity contribution in [1.29, 1.82) is 0 Å². The Kier molecular flexibility index (Phi) is 3.63. The number of hydrogen-bond acceptors (Lipinski definition) is 4. The summed E-state index contributed by atoms with van der Waals surface area (Å²) in [5.74, 6) is -0.402. The molecule has 2 unspecified atom stereocenters. The van der Waals surface area contributed by atoms with Crippen LogP contribution in [0.1, 0.15) is 12.8 Å². The van der Waals surface area contributed by atoms with Crippen LogP contribution in [0.15, 0.2) is 0 Å². The second-order valence-electron chi connectivity index (χ2n) is 4.61. The molecule has 2 amide bonds.